The second-order valence-corrected chi connectivity index (χ2v) is 8.99. The number of amides is 1. The predicted molar refractivity (Wildman–Crippen MR) is 95.2 cm³/mol. The molecule has 0 aliphatic heterocycles. The molecule has 0 saturated heterocycles. The zero-order valence-corrected chi connectivity index (χ0v) is 15.6. The van der Waals surface area contributed by atoms with Crippen LogP contribution >= 0.6 is 11.3 Å². The van der Waals surface area contributed by atoms with Crippen LogP contribution in [0.5, 0.6) is 0 Å². The van der Waals surface area contributed by atoms with E-state index in [0.29, 0.717) is 5.92 Å². The molecule has 0 radical (unpaired) electrons. The van der Waals surface area contributed by atoms with E-state index in [1.807, 2.05) is 17.5 Å². The van der Waals surface area contributed by atoms with E-state index >= 15 is 0 Å². The van der Waals surface area contributed by atoms with Crippen LogP contribution in [0.2, 0.25) is 0 Å². The zero-order chi connectivity index (χ0) is 17.8. The first-order chi connectivity index (χ1) is 11.8. The number of hydrogen-bond acceptors (Lipinski definition) is 5. The first kappa shape index (κ1) is 16.6. The van der Waals surface area contributed by atoms with Gasteiger partial charge in [0.1, 0.15) is 6.54 Å². The molecule has 2 fully saturated rings. The number of hydrogen-bond donors (Lipinski definition) is 1. The summed E-state index contributed by atoms with van der Waals surface area (Å²) in [5, 5.41) is 9.18. The molecule has 6 nitrogen and oxygen atoms in total. The van der Waals surface area contributed by atoms with Crippen molar-refractivity contribution in [3.8, 4) is 10.8 Å². The summed E-state index contributed by atoms with van der Waals surface area (Å²) in [6.45, 7) is 6.80. The van der Waals surface area contributed by atoms with Crippen LogP contribution in [0.3, 0.4) is 0 Å². The molecule has 3 atom stereocenters. The first-order valence-electron chi connectivity index (χ1n) is 8.72. The van der Waals surface area contributed by atoms with Crippen molar-refractivity contribution in [3.05, 3.63) is 28.1 Å². The normalized spacial score (nSPS) is 29.9. The topological polar surface area (TPSA) is 77.1 Å². The molecule has 2 aliphatic carbocycles. The van der Waals surface area contributed by atoms with E-state index < -0.39 is 5.76 Å². The summed E-state index contributed by atoms with van der Waals surface area (Å²) < 4.78 is 6.26. The van der Waals surface area contributed by atoms with Crippen LogP contribution in [0.4, 0.5) is 0 Å². The van der Waals surface area contributed by atoms with Crippen molar-refractivity contribution in [2.24, 2.45) is 16.7 Å². The summed E-state index contributed by atoms with van der Waals surface area (Å²) in [5.74, 6) is 0.143. The molecule has 0 spiro atoms. The number of nitrogens with zero attached hydrogens (tertiary/aromatic N) is 2. The summed E-state index contributed by atoms with van der Waals surface area (Å²) in [4.78, 5) is 25.2. The Balaban J connectivity index is 1.46. The molecule has 2 aliphatic rings. The molecule has 7 heteroatoms. The van der Waals surface area contributed by atoms with Gasteiger partial charge in [0.25, 0.3) is 5.89 Å². The number of fused-ring (bicyclic) bond motifs is 2. The molecule has 4 rings (SSSR count). The van der Waals surface area contributed by atoms with Gasteiger partial charge in [-0.15, -0.1) is 16.4 Å². The Bertz CT molecular complexity index is 851. The van der Waals surface area contributed by atoms with Gasteiger partial charge < -0.3 is 9.73 Å². The molecular formula is C18H23N3O3S. The Morgan fingerprint density at radius 2 is 2.28 bits per heavy atom. The van der Waals surface area contributed by atoms with Crippen molar-refractivity contribution >= 4 is 17.2 Å². The minimum Gasteiger partial charge on any atom is -0.387 e. The lowest BCUT2D eigenvalue weighted by atomic mass is 9.69. The summed E-state index contributed by atoms with van der Waals surface area (Å²) in [7, 11) is 0. The van der Waals surface area contributed by atoms with E-state index in [1.54, 1.807) is 0 Å². The predicted octanol–water partition coefficient (Wildman–Crippen LogP) is 2.90. The average molecular weight is 361 g/mol. The van der Waals surface area contributed by atoms with Crippen molar-refractivity contribution in [1.82, 2.24) is 15.1 Å². The van der Waals surface area contributed by atoms with E-state index in [0.717, 1.165) is 22.4 Å². The van der Waals surface area contributed by atoms with E-state index in [1.165, 1.54) is 17.8 Å². The monoisotopic (exact) mass is 361 g/mol. The maximum atomic E-state index is 12.5. The quantitative estimate of drug-likeness (QED) is 0.908. The SMILES string of the molecule is CC1(C)[C@H]2CC[C@@]1(C)[C@@H](NC(=O)Cn1nc(-c3cccs3)oc1=O)C2. The van der Waals surface area contributed by atoms with Crippen LogP contribution in [0.25, 0.3) is 10.8 Å². The largest absolute Gasteiger partial charge is 0.437 e. The second-order valence-electron chi connectivity index (χ2n) is 8.04. The number of aromatic nitrogens is 2. The van der Waals surface area contributed by atoms with E-state index in [2.05, 4.69) is 31.2 Å². The lowest BCUT2D eigenvalue weighted by molar-refractivity contribution is -0.123. The molecule has 2 saturated carbocycles. The smallest absolute Gasteiger partial charge is 0.387 e. The summed E-state index contributed by atoms with van der Waals surface area (Å²) in [6.07, 6.45) is 3.40. The molecule has 0 aromatic carbocycles. The van der Waals surface area contributed by atoms with Gasteiger partial charge in [-0.25, -0.2) is 4.79 Å². The van der Waals surface area contributed by atoms with E-state index in [4.69, 9.17) is 4.42 Å². The van der Waals surface area contributed by atoms with E-state index in [9.17, 15) is 9.59 Å². The highest BCUT2D eigenvalue weighted by atomic mass is 32.1. The van der Waals surface area contributed by atoms with Crippen molar-refractivity contribution in [3.63, 3.8) is 0 Å². The van der Waals surface area contributed by atoms with Crippen LogP contribution in [-0.4, -0.2) is 21.7 Å². The third-order valence-electron chi connectivity index (χ3n) is 6.76. The Hall–Kier alpha value is -1.89. The van der Waals surface area contributed by atoms with Crippen LogP contribution in [0, 0.1) is 16.7 Å². The zero-order valence-electron chi connectivity index (χ0n) is 14.7. The molecule has 2 heterocycles. The van der Waals surface area contributed by atoms with Gasteiger partial charge in [-0.3, -0.25) is 4.79 Å². The number of carbonyl (C=O) groups excluding carboxylic acids is 1. The van der Waals surface area contributed by atoms with Gasteiger partial charge in [-0.1, -0.05) is 26.8 Å². The minimum absolute atomic E-state index is 0.106. The van der Waals surface area contributed by atoms with Gasteiger partial charge in [0.15, 0.2) is 0 Å². The Labute approximate surface area is 150 Å². The van der Waals surface area contributed by atoms with Crippen molar-refractivity contribution in [1.29, 1.82) is 0 Å². The van der Waals surface area contributed by atoms with Crippen LogP contribution < -0.4 is 11.1 Å². The Morgan fingerprint density at radius 1 is 1.48 bits per heavy atom. The van der Waals surface area contributed by atoms with Gasteiger partial charge in [0, 0.05) is 6.04 Å². The molecule has 25 heavy (non-hydrogen) atoms. The van der Waals surface area contributed by atoms with E-state index in [-0.39, 0.29) is 35.2 Å². The number of thiophene rings is 1. The molecule has 2 aromatic rings. The molecule has 1 N–H and O–H groups in total. The van der Waals surface area contributed by atoms with Crippen LogP contribution in [-0.2, 0) is 11.3 Å². The minimum atomic E-state index is -0.599. The van der Waals surface area contributed by atoms with Crippen molar-refractivity contribution in [2.45, 2.75) is 52.6 Å². The highest BCUT2D eigenvalue weighted by molar-refractivity contribution is 7.13. The molecule has 1 amide bonds. The molecule has 2 bridgehead atoms. The van der Waals surface area contributed by atoms with Gasteiger partial charge in [0.2, 0.25) is 5.91 Å². The van der Waals surface area contributed by atoms with Gasteiger partial charge in [-0.2, -0.15) is 4.68 Å². The average Bonchev–Trinajstić information content (AvgIpc) is 3.26. The van der Waals surface area contributed by atoms with Crippen molar-refractivity contribution < 1.29 is 9.21 Å². The third kappa shape index (κ3) is 2.47. The first-order valence-corrected chi connectivity index (χ1v) is 9.60. The lowest BCUT2D eigenvalue weighted by Gasteiger charge is -2.39. The molecule has 0 unspecified atom stereocenters. The van der Waals surface area contributed by atoms with Crippen LogP contribution in [0.15, 0.2) is 26.7 Å². The highest BCUT2D eigenvalue weighted by Crippen LogP contribution is 2.65. The standard InChI is InChI=1S/C18H23N3O3S/c1-17(2)11-6-7-18(17,3)13(9-11)19-14(22)10-21-16(23)24-15(20-21)12-5-4-8-25-12/h4-5,8,11,13H,6-7,9-10H2,1-3H3,(H,19,22)/t11-,13-,18-/m0/s1. The van der Waals surface area contributed by atoms with Crippen molar-refractivity contribution in [2.75, 3.05) is 0 Å². The summed E-state index contributed by atoms with van der Waals surface area (Å²) >= 11 is 1.44. The lowest BCUT2D eigenvalue weighted by Crippen LogP contribution is -2.48. The van der Waals surface area contributed by atoms with Crippen LogP contribution in [0.1, 0.15) is 40.0 Å². The molecule has 2 aromatic heterocycles. The van der Waals surface area contributed by atoms with Gasteiger partial charge >= 0.3 is 5.76 Å². The maximum Gasteiger partial charge on any atom is 0.437 e. The Morgan fingerprint density at radius 3 is 2.88 bits per heavy atom. The Kier molecular flexibility index (Phi) is 3.68. The second kappa shape index (κ2) is 5.56. The fourth-order valence-corrected chi connectivity index (χ4v) is 5.35. The fourth-order valence-electron chi connectivity index (χ4n) is 4.70. The maximum absolute atomic E-state index is 12.5. The molecule has 134 valence electrons. The number of nitrogens with one attached hydrogen (secondary N) is 1. The van der Waals surface area contributed by atoms with Gasteiger partial charge in [-0.05, 0) is 47.5 Å². The summed E-state index contributed by atoms with van der Waals surface area (Å²) in [6, 6.07) is 3.86. The summed E-state index contributed by atoms with van der Waals surface area (Å²) in [5.41, 5.74) is 0.353. The number of rotatable bonds is 4. The highest BCUT2D eigenvalue weighted by Gasteiger charge is 2.61. The molecular weight excluding hydrogens is 338 g/mol. The van der Waals surface area contributed by atoms with Gasteiger partial charge in [0.05, 0.1) is 4.88 Å². The fraction of sp³-hybridized carbons (Fsp3) is 0.611. The third-order valence-corrected chi connectivity index (χ3v) is 7.62. The number of carbonyl (C=O) groups is 1.